The Balaban J connectivity index is 3.15. The summed E-state index contributed by atoms with van der Waals surface area (Å²) in [5.41, 5.74) is 0. The molecule has 0 aliphatic rings. The first-order valence-corrected chi connectivity index (χ1v) is 7.72. The molecule has 0 fully saturated rings. The molecule has 2 heteroatoms. The normalized spacial score (nSPS) is 10.8. The molecule has 0 saturated carbocycles. The molecule has 0 saturated heterocycles. The predicted molar refractivity (Wildman–Crippen MR) is 82.1 cm³/mol. The highest BCUT2D eigenvalue weighted by molar-refractivity contribution is 5.71. The van der Waals surface area contributed by atoms with Crippen LogP contribution in [0.5, 0.6) is 0 Å². The molecule has 0 bridgehead atoms. The van der Waals surface area contributed by atoms with Gasteiger partial charge in [-0.3, -0.25) is 4.79 Å². The second-order valence-corrected chi connectivity index (χ2v) is 4.86. The number of hydrogen-bond acceptors (Lipinski definition) is 2. The molecule has 0 heterocycles. The first-order valence-electron chi connectivity index (χ1n) is 7.72. The summed E-state index contributed by atoms with van der Waals surface area (Å²) in [5, 5.41) is 0. The molecule has 0 aromatic rings. The van der Waals surface area contributed by atoms with Gasteiger partial charge in [-0.2, -0.15) is 0 Å². The van der Waals surface area contributed by atoms with Gasteiger partial charge in [0.05, 0.1) is 13.0 Å². The first-order chi connectivity index (χ1) is 9.31. The van der Waals surface area contributed by atoms with E-state index in [-0.39, 0.29) is 5.97 Å². The summed E-state index contributed by atoms with van der Waals surface area (Å²) >= 11 is 0. The van der Waals surface area contributed by atoms with Crippen molar-refractivity contribution >= 4 is 5.97 Å². The maximum atomic E-state index is 11.3. The summed E-state index contributed by atoms with van der Waals surface area (Å²) in [6, 6.07) is 0. The van der Waals surface area contributed by atoms with E-state index in [1.165, 1.54) is 38.5 Å². The largest absolute Gasteiger partial charge is 0.465 e. The van der Waals surface area contributed by atoms with E-state index in [1.807, 2.05) is 18.2 Å². The fraction of sp³-hybridized carbons (Fsp3) is 0.706. The molecular weight excluding hydrogens is 236 g/mol. The van der Waals surface area contributed by atoms with Gasteiger partial charge in [0.1, 0.15) is 0 Å². The third kappa shape index (κ3) is 14.9. The van der Waals surface area contributed by atoms with Crippen LogP contribution in [-0.2, 0) is 9.53 Å². The van der Waals surface area contributed by atoms with E-state index in [0.717, 1.165) is 19.3 Å². The van der Waals surface area contributed by atoms with Crippen LogP contribution < -0.4 is 0 Å². The Kier molecular flexibility index (Phi) is 14.2. The van der Waals surface area contributed by atoms with Crippen LogP contribution in [0.2, 0.25) is 0 Å². The Labute approximate surface area is 118 Å². The third-order valence-electron chi connectivity index (χ3n) is 3.00. The highest BCUT2D eigenvalue weighted by atomic mass is 16.5. The molecule has 0 aliphatic carbocycles. The minimum absolute atomic E-state index is 0.103. The molecule has 0 spiro atoms. The van der Waals surface area contributed by atoms with Gasteiger partial charge in [0.25, 0.3) is 0 Å². The molecular formula is C17H30O2. The summed E-state index contributed by atoms with van der Waals surface area (Å²) in [7, 11) is 0. The van der Waals surface area contributed by atoms with E-state index in [9.17, 15) is 4.79 Å². The van der Waals surface area contributed by atoms with Crippen molar-refractivity contribution in [2.75, 3.05) is 6.61 Å². The van der Waals surface area contributed by atoms with Crippen molar-refractivity contribution in [1.82, 2.24) is 0 Å². The van der Waals surface area contributed by atoms with Crippen molar-refractivity contribution in [3.63, 3.8) is 0 Å². The predicted octanol–water partition coefficient (Wildman–Crippen LogP) is 5.19. The molecule has 0 atom stereocenters. The van der Waals surface area contributed by atoms with Gasteiger partial charge in [-0.15, -0.1) is 6.58 Å². The Morgan fingerprint density at radius 3 is 2.26 bits per heavy atom. The van der Waals surface area contributed by atoms with Crippen LogP contribution in [0, 0.1) is 0 Å². The van der Waals surface area contributed by atoms with E-state index < -0.39 is 0 Å². The number of allylic oxidation sites excluding steroid dienone is 2. The summed E-state index contributed by atoms with van der Waals surface area (Å²) in [4.78, 5) is 11.3. The smallest absolute Gasteiger partial charge is 0.309 e. The fourth-order valence-corrected chi connectivity index (χ4v) is 1.87. The molecule has 0 aromatic carbocycles. The topological polar surface area (TPSA) is 26.3 Å². The van der Waals surface area contributed by atoms with Gasteiger partial charge in [0.15, 0.2) is 0 Å². The molecule has 0 radical (unpaired) electrons. The monoisotopic (exact) mass is 266 g/mol. The van der Waals surface area contributed by atoms with E-state index in [1.54, 1.807) is 0 Å². The maximum Gasteiger partial charge on any atom is 0.309 e. The zero-order valence-electron chi connectivity index (χ0n) is 12.5. The molecule has 110 valence electrons. The molecule has 0 aromatic heterocycles. The number of rotatable bonds is 13. The van der Waals surface area contributed by atoms with Crippen LogP contribution in [0.4, 0.5) is 0 Å². The number of unbranched alkanes of at least 4 members (excludes halogenated alkanes) is 7. The minimum atomic E-state index is -0.103. The summed E-state index contributed by atoms with van der Waals surface area (Å²) in [6.45, 7) is 6.35. The van der Waals surface area contributed by atoms with Crippen molar-refractivity contribution in [1.29, 1.82) is 0 Å². The van der Waals surface area contributed by atoms with Crippen LogP contribution in [0.3, 0.4) is 0 Å². The highest BCUT2D eigenvalue weighted by Crippen LogP contribution is 2.08. The average Bonchev–Trinajstić information content (AvgIpc) is 2.41. The second kappa shape index (κ2) is 15.0. The quantitative estimate of drug-likeness (QED) is 0.260. The van der Waals surface area contributed by atoms with Gasteiger partial charge in [-0.1, -0.05) is 57.3 Å². The zero-order valence-corrected chi connectivity index (χ0v) is 12.5. The number of ether oxygens (including phenoxy) is 1. The Morgan fingerprint density at radius 1 is 1.00 bits per heavy atom. The molecule has 19 heavy (non-hydrogen) atoms. The van der Waals surface area contributed by atoms with E-state index >= 15 is 0 Å². The van der Waals surface area contributed by atoms with Gasteiger partial charge >= 0.3 is 5.97 Å². The second-order valence-electron chi connectivity index (χ2n) is 4.86. The van der Waals surface area contributed by atoms with E-state index in [0.29, 0.717) is 13.0 Å². The van der Waals surface area contributed by atoms with Crippen molar-refractivity contribution < 1.29 is 9.53 Å². The van der Waals surface area contributed by atoms with Crippen LogP contribution in [0.1, 0.15) is 71.1 Å². The van der Waals surface area contributed by atoms with Crippen molar-refractivity contribution in [2.45, 2.75) is 71.1 Å². The molecule has 0 aliphatic heterocycles. The highest BCUT2D eigenvalue weighted by Gasteiger charge is 1.98. The van der Waals surface area contributed by atoms with Crippen LogP contribution in [-0.4, -0.2) is 12.6 Å². The Hall–Kier alpha value is -1.05. The van der Waals surface area contributed by atoms with Gasteiger partial charge in [-0.25, -0.2) is 0 Å². The van der Waals surface area contributed by atoms with Gasteiger partial charge in [0.2, 0.25) is 0 Å². The Bertz CT molecular complexity index is 244. The number of esters is 1. The molecule has 0 N–H and O–H groups in total. The summed E-state index contributed by atoms with van der Waals surface area (Å²) in [6.07, 6.45) is 17.0. The fourth-order valence-electron chi connectivity index (χ4n) is 1.87. The minimum Gasteiger partial charge on any atom is -0.465 e. The lowest BCUT2D eigenvalue weighted by atomic mass is 10.1. The molecule has 2 nitrogen and oxygen atoms in total. The number of carbonyl (C=O) groups is 1. The van der Waals surface area contributed by atoms with Crippen LogP contribution in [0.15, 0.2) is 24.8 Å². The maximum absolute atomic E-state index is 11.3. The molecule has 0 unspecified atom stereocenters. The lowest BCUT2D eigenvalue weighted by molar-refractivity contribution is -0.142. The van der Waals surface area contributed by atoms with Crippen LogP contribution >= 0.6 is 0 Å². The first kappa shape index (κ1) is 17.9. The van der Waals surface area contributed by atoms with E-state index in [2.05, 4.69) is 13.5 Å². The van der Waals surface area contributed by atoms with Crippen molar-refractivity contribution in [2.24, 2.45) is 0 Å². The lowest BCUT2D eigenvalue weighted by Gasteiger charge is -2.03. The van der Waals surface area contributed by atoms with Gasteiger partial charge in [-0.05, 0) is 25.7 Å². The number of hydrogen-bond donors (Lipinski definition) is 0. The number of carbonyl (C=O) groups excluding carboxylic acids is 1. The molecule has 0 amide bonds. The summed E-state index contributed by atoms with van der Waals surface area (Å²) in [5.74, 6) is -0.103. The van der Waals surface area contributed by atoms with Crippen molar-refractivity contribution in [3.8, 4) is 0 Å². The summed E-state index contributed by atoms with van der Waals surface area (Å²) < 4.78 is 5.15. The van der Waals surface area contributed by atoms with Crippen molar-refractivity contribution in [3.05, 3.63) is 24.8 Å². The van der Waals surface area contributed by atoms with Gasteiger partial charge < -0.3 is 4.74 Å². The lowest BCUT2D eigenvalue weighted by Crippen LogP contribution is -2.04. The molecule has 0 rings (SSSR count). The average molecular weight is 266 g/mol. The van der Waals surface area contributed by atoms with E-state index in [4.69, 9.17) is 4.74 Å². The standard InChI is InChI=1S/C17H30O2/c1-3-5-7-8-9-10-11-12-14-16-19-17(18)15-13-6-4-2/h3,6,13H,1,4-5,7-12,14-16H2,2H3/b13-6+. The Morgan fingerprint density at radius 2 is 1.63 bits per heavy atom. The SMILES string of the molecule is C=CCCCCCCCCCOC(=O)C/C=C/CC. The zero-order chi connectivity index (χ0) is 14.2. The van der Waals surface area contributed by atoms with Crippen LogP contribution in [0.25, 0.3) is 0 Å². The third-order valence-corrected chi connectivity index (χ3v) is 3.00. The van der Waals surface area contributed by atoms with Gasteiger partial charge in [0, 0.05) is 0 Å².